The average molecular weight is 210 g/mol. The topological polar surface area (TPSA) is 83.8 Å². The van der Waals surface area contributed by atoms with E-state index in [0.29, 0.717) is 6.42 Å². The fourth-order valence-electron chi connectivity index (χ4n) is 4.37. The predicted molar refractivity (Wildman–Crippen MR) is 44.6 cm³/mol. The Balaban J connectivity index is 1.87. The van der Waals surface area contributed by atoms with Crippen LogP contribution in [-0.2, 0) is 14.3 Å². The highest BCUT2D eigenvalue weighted by Gasteiger charge is 2.90. The van der Waals surface area contributed by atoms with Gasteiger partial charge in [-0.3, -0.25) is 9.59 Å². The molecule has 4 fully saturated rings. The summed E-state index contributed by atoms with van der Waals surface area (Å²) >= 11 is 0. The number of esters is 1. The maximum absolute atomic E-state index is 11.6. The van der Waals surface area contributed by atoms with Crippen molar-refractivity contribution in [3.8, 4) is 0 Å². The summed E-state index contributed by atoms with van der Waals surface area (Å²) in [6.07, 6.45) is 0.0432. The maximum Gasteiger partial charge on any atom is 0.324 e. The van der Waals surface area contributed by atoms with Crippen LogP contribution in [0.15, 0.2) is 0 Å². The number of hydrogen-bond acceptors (Lipinski definition) is 4. The van der Waals surface area contributed by atoms with Crippen molar-refractivity contribution in [2.24, 2.45) is 22.7 Å². The van der Waals surface area contributed by atoms with Crippen LogP contribution >= 0.6 is 0 Å². The molecule has 0 bridgehead atoms. The monoisotopic (exact) mass is 210 g/mol. The second-order valence-electron chi connectivity index (χ2n) is 5.34. The minimum atomic E-state index is -1.32. The lowest BCUT2D eigenvalue weighted by Gasteiger charge is -2.44. The zero-order valence-corrected chi connectivity index (χ0v) is 7.84. The maximum atomic E-state index is 11.6. The first-order valence-electron chi connectivity index (χ1n) is 5.16. The van der Waals surface area contributed by atoms with Gasteiger partial charge in [-0.2, -0.15) is 0 Å². The molecule has 5 nitrogen and oxygen atoms in total. The Morgan fingerprint density at radius 2 is 2.27 bits per heavy atom. The number of carboxylic acids is 1. The summed E-state index contributed by atoms with van der Waals surface area (Å²) in [5, 5.41) is 19.0. The summed E-state index contributed by atoms with van der Waals surface area (Å²) in [4.78, 5) is 22.8. The van der Waals surface area contributed by atoms with Gasteiger partial charge in [-0.1, -0.05) is 0 Å². The average Bonchev–Trinajstić information content (AvgIpc) is 2.77. The van der Waals surface area contributed by atoms with Crippen LogP contribution < -0.4 is 0 Å². The molecule has 0 aromatic heterocycles. The number of hydrogen-bond donors (Lipinski definition) is 2. The number of aliphatic carboxylic acids is 1. The van der Waals surface area contributed by atoms with E-state index in [2.05, 4.69) is 0 Å². The lowest BCUT2D eigenvalue weighted by Crippen LogP contribution is -2.56. The van der Waals surface area contributed by atoms with E-state index in [9.17, 15) is 14.7 Å². The molecule has 0 aromatic rings. The molecule has 80 valence electrons. The fourth-order valence-corrected chi connectivity index (χ4v) is 4.37. The molecule has 1 aliphatic heterocycles. The molecule has 0 radical (unpaired) electrons. The summed E-state index contributed by atoms with van der Waals surface area (Å²) in [5.74, 6) is -1.81. The lowest BCUT2D eigenvalue weighted by molar-refractivity contribution is -0.174. The van der Waals surface area contributed by atoms with Gasteiger partial charge < -0.3 is 14.9 Å². The van der Waals surface area contributed by atoms with E-state index in [4.69, 9.17) is 9.84 Å². The van der Waals surface area contributed by atoms with Crippen LogP contribution in [0.5, 0.6) is 0 Å². The van der Waals surface area contributed by atoms with Crippen molar-refractivity contribution in [3.63, 3.8) is 0 Å². The highest BCUT2D eigenvalue weighted by atomic mass is 16.6. The van der Waals surface area contributed by atoms with Crippen molar-refractivity contribution >= 4 is 11.9 Å². The summed E-state index contributed by atoms with van der Waals surface area (Å²) < 4.78 is 5.04. The number of carboxylic acid groups (broad SMARTS) is 1. The fraction of sp³-hybridized carbons (Fsp3) is 0.800. The Morgan fingerprint density at radius 3 is 2.93 bits per heavy atom. The van der Waals surface area contributed by atoms with Gasteiger partial charge in [-0.05, 0) is 24.2 Å². The quantitative estimate of drug-likeness (QED) is 0.445. The molecule has 6 unspecified atom stereocenters. The Morgan fingerprint density at radius 1 is 1.53 bits per heavy atom. The molecule has 6 atom stereocenters. The Hall–Kier alpha value is -1.10. The first-order chi connectivity index (χ1) is 7.04. The van der Waals surface area contributed by atoms with Crippen molar-refractivity contribution in [1.82, 2.24) is 0 Å². The normalized spacial score (nSPS) is 62.9. The van der Waals surface area contributed by atoms with Crippen LogP contribution in [0.2, 0.25) is 0 Å². The molecular formula is C10H10O5. The van der Waals surface area contributed by atoms with Gasteiger partial charge >= 0.3 is 11.9 Å². The van der Waals surface area contributed by atoms with Crippen molar-refractivity contribution in [3.05, 3.63) is 0 Å². The van der Waals surface area contributed by atoms with Crippen molar-refractivity contribution in [2.45, 2.75) is 25.0 Å². The molecule has 5 heteroatoms. The Bertz CT molecular complexity index is 418. The zero-order chi connectivity index (χ0) is 10.6. The van der Waals surface area contributed by atoms with E-state index < -0.39 is 29.6 Å². The van der Waals surface area contributed by atoms with Gasteiger partial charge in [0, 0.05) is 5.92 Å². The number of aliphatic hydroxyl groups is 1. The van der Waals surface area contributed by atoms with Gasteiger partial charge in [0.25, 0.3) is 0 Å². The second-order valence-corrected chi connectivity index (χ2v) is 5.34. The predicted octanol–water partition coefficient (Wildman–Crippen LogP) is -0.617. The van der Waals surface area contributed by atoms with E-state index in [1.165, 1.54) is 0 Å². The SMILES string of the molecule is O=C(O)C12CC34CC3C(O)C(OC1=O)C24. The number of aliphatic hydroxyl groups excluding tert-OH is 1. The molecule has 3 aliphatic carbocycles. The van der Waals surface area contributed by atoms with Crippen LogP contribution in [0.4, 0.5) is 0 Å². The summed E-state index contributed by atoms with van der Waals surface area (Å²) in [7, 11) is 0. The smallest absolute Gasteiger partial charge is 0.324 e. The molecule has 0 aromatic carbocycles. The molecule has 1 heterocycles. The zero-order valence-electron chi connectivity index (χ0n) is 7.84. The van der Waals surface area contributed by atoms with E-state index in [1.54, 1.807) is 0 Å². The minimum Gasteiger partial charge on any atom is -0.480 e. The molecule has 1 saturated heterocycles. The van der Waals surface area contributed by atoms with E-state index in [-0.39, 0.29) is 17.3 Å². The molecule has 4 rings (SSSR count). The van der Waals surface area contributed by atoms with Crippen LogP contribution in [0.3, 0.4) is 0 Å². The van der Waals surface area contributed by atoms with Crippen molar-refractivity contribution in [2.75, 3.05) is 0 Å². The molecule has 1 spiro atoms. The lowest BCUT2D eigenvalue weighted by atomic mass is 9.52. The Labute approximate surface area is 85.0 Å². The summed E-state index contributed by atoms with van der Waals surface area (Å²) in [6.45, 7) is 0. The number of ether oxygens (including phenoxy) is 1. The second kappa shape index (κ2) is 1.80. The highest BCUT2D eigenvalue weighted by molar-refractivity contribution is 6.03. The molecule has 0 amide bonds. The van der Waals surface area contributed by atoms with E-state index in [0.717, 1.165) is 6.42 Å². The summed E-state index contributed by atoms with van der Waals surface area (Å²) in [5.41, 5.74) is -1.40. The van der Waals surface area contributed by atoms with Crippen LogP contribution in [-0.4, -0.2) is 34.4 Å². The first-order valence-corrected chi connectivity index (χ1v) is 5.16. The standard InChI is InChI=1S/C10H10O5/c11-4-3-1-9(3)2-10(7(12)13)6(9)5(4)15-8(10)14/h3-6,11H,1-2H2,(H,12,13). The van der Waals surface area contributed by atoms with Gasteiger partial charge in [0.1, 0.15) is 6.10 Å². The molecule has 15 heavy (non-hydrogen) atoms. The third-order valence-electron chi connectivity index (χ3n) is 5.00. The van der Waals surface area contributed by atoms with Crippen LogP contribution in [0.25, 0.3) is 0 Å². The summed E-state index contributed by atoms with van der Waals surface area (Å²) in [6, 6.07) is 0. The van der Waals surface area contributed by atoms with Gasteiger partial charge in [0.2, 0.25) is 0 Å². The molecule has 2 N–H and O–H groups in total. The minimum absolute atomic E-state index is 0.0748. The number of rotatable bonds is 1. The Kier molecular flexibility index (Phi) is 0.969. The van der Waals surface area contributed by atoms with Gasteiger partial charge in [0.15, 0.2) is 5.41 Å². The van der Waals surface area contributed by atoms with Gasteiger partial charge in [0.05, 0.1) is 6.10 Å². The van der Waals surface area contributed by atoms with Gasteiger partial charge in [-0.25, -0.2) is 0 Å². The largest absolute Gasteiger partial charge is 0.480 e. The molecule has 4 aliphatic rings. The first kappa shape index (κ1) is 8.10. The third kappa shape index (κ3) is 0.528. The highest BCUT2D eigenvalue weighted by Crippen LogP contribution is 2.84. The number of carbonyl (C=O) groups is 2. The molecular weight excluding hydrogens is 200 g/mol. The third-order valence-corrected chi connectivity index (χ3v) is 5.00. The van der Waals surface area contributed by atoms with Gasteiger partial charge in [-0.15, -0.1) is 0 Å². The van der Waals surface area contributed by atoms with Crippen LogP contribution in [0.1, 0.15) is 12.8 Å². The van der Waals surface area contributed by atoms with E-state index in [1.807, 2.05) is 0 Å². The molecule has 3 saturated carbocycles. The van der Waals surface area contributed by atoms with Crippen molar-refractivity contribution < 1.29 is 24.5 Å². The van der Waals surface area contributed by atoms with E-state index >= 15 is 0 Å². The van der Waals surface area contributed by atoms with Crippen molar-refractivity contribution in [1.29, 1.82) is 0 Å². The number of carbonyl (C=O) groups excluding carboxylic acids is 1. The van der Waals surface area contributed by atoms with Crippen LogP contribution in [0, 0.1) is 22.7 Å².